The van der Waals surface area contributed by atoms with Crippen LogP contribution in [-0.2, 0) is 21.8 Å². The van der Waals surface area contributed by atoms with Crippen LogP contribution in [0, 0.1) is 0 Å². The molecule has 2 heterocycles. The largest absolute Gasteiger partial charge is 0.334 e. The lowest BCUT2D eigenvalue weighted by Gasteiger charge is -2.23. The van der Waals surface area contributed by atoms with Gasteiger partial charge >= 0.3 is 6.03 Å². The number of urea groups is 1. The van der Waals surface area contributed by atoms with Crippen LogP contribution in [0.3, 0.4) is 0 Å². The molecule has 0 spiro atoms. The minimum absolute atomic E-state index is 0.0673. The van der Waals surface area contributed by atoms with Crippen LogP contribution < -0.4 is 10.2 Å². The van der Waals surface area contributed by atoms with Gasteiger partial charge in [-0.05, 0) is 52.2 Å². The molecule has 3 rings (SSSR count). The van der Waals surface area contributed by atoms with Gasteiger partial charge in [-0.25, -0.2) is 18.2 Å². The average Bonchev–Trinajstić information content (AvgIpc) is 2.99. The second kappa shape index (κ2) is 7.83. The fourth-order valence-electron chi connectivity index (χ4n) is 3.31. The van der Waals surface area contributed by atoms with Gasteiger partial charge in [-0.2, -0.15) is 0 Å². The Morgan fingerprint density at radius 2 is 1.89 bits per heavy atom. The molecule has 150 valence electrons. The van der Waals surface area contributed by atoms with E-state index in [1.165, 1.54) is 0 Å². The number of anilines is 1. The van der Waals surface area contributed by atoms with Crippen molar-refractivity contribution in [3.8, 4) is 0 Å². The van der Waals surface area contributed by atoms with Gasteiger partial charge in [-0.3, -0.25) is 4.90 Å². The number of fused-ring (bicyclic) bond motifs is 1. The van der Waals surface area contributed by atoms with Crippen molar-refractivity contribution in [1.82, 2.24) is 10.3 Å². The molecular formula is C20H24BrN3O3S. The molecule has 1 atom stereocenters. The molecule has 0 bridgehead atoms. The minimum Gasteiger partial charge on any atom is -0.334 e. The lowest BCUT2D eigenvalue weighted by Crippen LogP contribution is -2.41. The quantitative estimate of drug-likeness (QED) is 0.675. The van der Waals surface area contributed by atoms with Crippen molar-refractivity contribution >= 4 is 37.5 Å². The van der Waals surface area contributed by atoms with Crippen LogP contribution in [0.5, 0.6) is 0 Å². The molecule has 0 saturated heterocycles. The molecule has 1 aromatic carbocycles. The molecule has 1 aliphatic rings. The number of benzene rings is 1. The standard InChI is InChI=1S/C20H24BrN3O3S/c1-4-20(3)13-24(16-10-11-17(21)23-18(16)20)19(25)22-12-14-6-8-15(9-7-14)28(26,27)5-2/h6-11H,4-5,12-13H2,1-3H3,(H,22,25). The van der Waals surface area contributed by atoms with E-state index in [4.69, 9.17) is 0 Å². The summed E-state index contributed by atoms with van der Waals surface area (Å²) in [5, 5.41) is 2.93. The molecule has 6 nitrogen and oxygen atoms in total. The molecule has 0 aliphatic carbocycles. The summed E-state index contributed by atoms with van der Waals surface area (Å²) < 4.78 is 24.6. The van der Waals surface area contributed by atoms with Crippen LogP contribution in [0.2, 0.25) is 0 Å². The molecular weight excluding hydrogens is 442 g/mol. The molecule has 1 N–H and O–H groups in total. The van der Waals surface area contributed by atoms with Gasteiger partial charge in [0.2, 0.25) is 0 Å². The highest BCUT2D eigenvalue weighted by Gasteiger charge is 2.41. The Hall–Kier alpha value is -1.93. The number of rotatable bonds is 5. The first kappa shape index (κ1) is 20.8. The number of nitrogens with one attached hydrogen (secondary N) is 1. The van der Waals surface area contributed by atoms with E-state index in [0.717, 1.165) is 28.0 Å². The van der Waals surface area contributed by atoms with Crippen LogP contribution >= 0.6 is 15.9 Å². The lowest BCUT2D eigenvalue weighted by molar-refractivity contribution is 0.245. The van der Waals surface area contributed by atoms with Gasteiger partial charge < -0.3 is 5.32 Å². The zero-order valence-corrected chi connectivity index (χ0v) is 18.6. The van der Waals surface area contributed by atoms with Crippen LogP contribution in [0.15, 0.2) is 45.9 Å². The normalized spacial score (nSPS) is 18.8. The molecule has 1 aliphatic heterocycles. The lowest BCUT2D eigenvalue weighted by atomic mass is 9.86. The van der Waals surface area contributed by atoms with E-state index in [2.05, 4.69) is 40.1 Å². The predicted octanol–water partition coefficient (Wildman–Crippen LogP) is 4.04. The van der Waals surface area contributed by atoms with Crippen molar-refractivity contribution in [2.45, 2.75) is 44.0 Å². The molecule has 2 amide bonds. The number of hydrogen-bond acceptors (Lipinski definition) is 4. The summed E-state index contributed by atoms with van der Waals surface area (Å²) in [4.78, 5) is 19.5. The summed E-state index contributed by atoms with van der Waals surface area (Å²) in [7, 11) is -3.22. The number of pyridine rings is 1. The maximum absolute atomic E-state index is 12.8. The molecule has 1 aromatic heterocycles. The second-order valence-electron chi connectivity index (χ2n) is 7.21. The fraction of sp³-hybridized carbons (Fsp3) is 0.400. The monoisotopic (exact) mass is 465 g/mol. The highest BCUT2D eigenvalue weighted by atomic mass is 79.9. The summed E-state index contributed by atoms with van der Waals surface area (Å²) >= 11 is 3.42. The Morgan fingerprint density at radius 3 is 2.50 bits per heavy atom. The number of sulfone groups is 1. The highest BCUT2D eigenvalue weighted by Crippen LogP contribution is 2.42. The van der Waals surface area contributed by atoms with Crippen molar-refractivity contribution in [2.75, 3.05) is 17.2 Å². The Morgan fingerprint density at radius 1 is 1.21 bits per heavy atom. The number of halogens is 1. The van der Waals surface area contributed by atoms with E-state index in [1.807, 2.05) is 12.1 Å². The summed E-state index contributed by atoms with van der Waals surface area (Å²) in [5.41, 5.74) is 2.41. The zero-order valence-electron chi connectivity index (χ0n) is 16.2. The molecule has 0 radical (unpaired) electrons. The molecule has 2 aromatic rings. The number of hydrogen-bond donors (Lipinski definition) is 1. The Bertz CT molecular complexity index is 992. The second-order valence-corrected chi connectivity index (χ2v) is 10.3. The third kappa shape index (κ3) is 3.93. The van der Waals surface area contributed by atoms with Crippen LogP contribution in [0.25, 0.3) is 0 Å². The van der Waals surface area contributed by atoms with Gasteiger partial charge in [0.1, 0.15) is 4.60 Å². The van der Waals surface area contributed by atoms with Crippen LogP contribution in [0.4, 0.5) is 10.5 Å². The molecule has 0 fully saturated rings. The van der Waals surface area contributed by atoms with Crippen molar-refractivity contribution in [1.29, 1.82) is 0 Å². The fourth-order valence-corrected chi connectivity index (χ4v) is 4.51. The first-order chi connectivity index (χ1) is 13.2. The minimum atomic E-state index is -3.22. The maximum atomic E-state index is 12.8. The van der Waals surface area contributed by atoms with Crippen molar-refractivity contribution in [3.63, 3.8) is 0 Å². The van der Waals surface area contributed by atoms with Gasteiger partial charge in [0.25, 0.3) is 0 Å². The third-order valence-electron chi connectivity index (χ3n) is 5.34. The molecule has 8 heteroatoms. The summed E-state index contributed by atoms with van der Waals surface area (Å²) in [6.07, 6.45) is 0.876. The third-order valence-corrected chi connectivity index (χ3v) is 7.53. The van der Waals surface area contributed by atoms with E-state index >= 15 is 0 Å². The first-order valence-electron chi connectivity index (χ1n) is 9.24. The van der Waals surface area contributed by atoms with Gasteiger partial charge in [0.05, 0.1) is 22.0 Å². The van der Waals surface area contributed by atoms with E-state index < -0.39 is 9.84 Å². The Balaban J connectivity index is 1.73. The summed E-state index contributed by atoms with van der Waals surface area (Å²) in [6.45, 7) is 6.73. The Kier molecular flexibility index (Phi) is 5.82. The molecule has 0 saturated carbocycles. The summed E-state index contributed by atoms with van der Waals surface area (Å²) in [5.74, 6) is 0.0673. The zero-order chi connectivity index (χ0) is 20.5. The summed E-state index contributed by atoms with van der Waals surface area (Å²) in [6, 6.07) is 10.2. The van der Waals surface area contributed by atoms with Crippen molar-refractivity contribution in [2.24, 2.45) is 0 Å². The van der Waals surface area contributed by atoms with E-state index in [0.29, 0.717) is 18.0 Å². The number of carbonyl (C=O) groups is 1. The maximum Gasteiger partial charge on any atom is 0.322 e. The highest BCUT2D eigenvalue weighted by molar-refractivity contribution is 9.10. The first-order valence-corrected chi connectivity index (χ1v) is 11.7. The van der Waals surface area contributed by atoms with Gasteiger partial charge in [-0.1, -0.05) is 32.9 Å². The van der Waals surface area contributed by atoms with Crippen molar-refractivity contribution in [3.05, 3.63) is 52.3 Å². The topological polar surface area (TPSA) is 79.4 Å². The van der Waals surface area contributed by atoms with E-state index in [-0.39, 0.29) is 17.2 Å². The predicted molar refractivity (Wildman–Crippen MR) is 113 cm³/mol. The smallest absolute Gasteiger partial charge is 0.322 e. The molecule has 1 unspecified atom stereocenters. The van der Waals surface area contributed by atoms with Gasteiger partial charge in [0, 0.05) is 18.5 Å². The molecule has 28 heavy (non-hydrogen) atoms. The Labute approximate surface area is 174 Å². The van der Waals surface area contributed by atoms with Gasteiger partial charge in [-0.15, -0.1) is 0 Å². The number of amides is 2. The SMILES string of the molecule is CCC1(C)CN(C(=O)NCc2ccc(S(=O)(=O)CC)cc2)c2ccc(Br)nc21. The van der Waals surface area contributed by atoms with E-state index in [9.17, 15) is 13.2 Å². The van der Waals surface area contributed by atoms with Crippen LogP contribution in [0.1, 0.15) is 38.4 Å². The average molecular weight is 466 g/mol. The number of carbonyl (C=O) groups excluding carboxylic acids is 1. The number of aromatic nitrogens is 1. The van der Waals surface area contributed by atoms with E-state index in [1.54, 1.807) is 36.1 Å². The van der Waals surface area contributed by atoms with Crippen molar-refractivity contribution < 1.29 is 13.2 Å². The van der Waals surface area contributed by atoms with Crippen LogP contribution in [-0.4, -0.2) is 31.7 Å². The van der Waals surface area contributed by atoms with Gasteiger partial charge in [0.15, 0.2) is 9.84 Å². The number of nitrogens with zero attached hydrogens (tertiary/aromatic N) is 2.